The van der Waals surface area contributed by atoms with Crippen molar-refractivity contribution in [2.75, 3.05) is 6.54 Å². The van der Waals surface area contributed by atoms with Crippen LogP contribution in [0.1, 0.15) is 29.3 Å². The van der Waals surface area contributed by atoms with E-state index in [0.29, 0.717) is 23.1 Å². The highest BCUT2D eigenvalue weighted by atomic mass is 32.2. The standard InChI is InChI=1S/C12H16FNO2S/c1-8(4-5-14)17-7-10-6-9(12(15)16)2-3-11(10)13/h2-3,6,8H,4-5,7,14H2,1H3,(H,15,16). The number of carbonyl (C=O) groups is 1. The van der Waals surface area contributed by atoms with E-state index >= 15 is 0 Å². The molecule has 0 aliphatic heterocycles. The van der Waals surface area contributed by atoms with Gasteiger partial charge in [-0.3, -0.25) is 0 Å². The van der Waals surface area contributed by atoms with E-state index in [9.17, 15) is 9.18 Å². The van der Waals surface area contributed by atoms with E-state index in [2.05, 4.69) is 0 Å². The molecular formula is C12H16FNO2S. The summed E-state index contributed by atoms with van der Waals surface area (Å²) in [6.45, 7) is 2.63. The summed E-state index contributed by atoms with van der Waals surface area (Å²) < 4.78 is 13.4. The van der Waals surface area contributed by atoms with Gasteiger partial charge in [-0.1, -0.05) is 6.92 Å². The predicted octanol–water partition coefficient (Wildman–Crippen LogP) is 2.49. The van der Waals surface area contributed by atoms with E-state index in [4.69, 9.17) is 10.8 Å². The molecule has 0 saturated heterocycles. The summed E-state index contributed by atoms with van der Waals surface area (Å²) in [6.07, 6.45) is 0.866. The zero-order valence-electron chi connectivity index (χ0n) is 9.65. The van der Waals surface area contributed by atoms with Crippen LogP contribution in [0.4, 0.5) is 4.39 Å². The Morgan fingerprint density at radius 1 is 1.59 bits per heavy atom. The van der Waals surface area contributed by atoms with Gasteiger partial charge in [0, 0.05) is 11.0 Å². The molecule has 0 fully saturated rings. The van der Waals surface area contributed by atoms with Gasteiger partial charge in [0.05, 0.1) is 5.56 Å². The van der Waals surface area contributed by atoms with Crippen molar-refractivity contribution < 1.29 is 14.3 Å². The summed E-state index contributed by atoms with van der Waals surface area (Å²) in [6, 6.07) is 3.86. The summed E-state index contributed by atoms with van der Waals surface area (Å²) in [5.74, 6) is -0.928. The fraction of sp³-hybridized carbons (Fsp3) is 0.417. The van der Waals surface area contributed by atoms with Gasteiger partial charge in [0.15, 0.2) is 0 Å². The van der Waals surface area contributed by atoms with Crippen molar-refractivity contribution in [3.63, 3.8) is 0 Å². The molecule has 5 heteroatoms. The second kappa shape index (κ2) is 6.61. The SMILES string of the molecule is CC(CCN)SCc1cc(C(=O)O)ccc1F. The number of carboxylic acid groups (broad SMARTS) is 1. The van der Waals surface area contributed by atoms with Crippen LogP contribution in [0.2, 0.25) is 0 Å². The number of nitrogens with two attached hydrogens (primary N) is 1. The van der Waals surface area contributed by atoms with Crippen molar-refractivity contribution in [3.05, 3.63) is 35.1 Å². The molecule has 0 aliphatic rings. The molecule has 1 aromatic carbocycles. The predicted molar refractivity (Wildman–Crippen MR) is 67.8 cm³/mol. The van der Waals surface area contributed by atoms with Crippen LogP contribution < -0.4 is 5.73 Å². The van der Waals surface area contributed by atoms with Gasteiger partial charge in [-0.05, 0) is 36.7 Å². The molecule has 0 heterocycles. The molecule has 1 atom stereocenters. The summed E-state index contributed by atoms with van der Waals surface area (Å²) >= 11 is 1.58. The number of rotatable bonds is 6. The molecule has 0 radical (unpaired) electrons. The third-order valence-electron chi connectivity index (χ3n) is 2.39. The molecule has 0 spiro atoms. The summed E-state index contributed by atoms with van der Waals surface area (Å²) in [4.78, 5) is 10.8. The zero-order valence-corrected chi connectivity index (χ0v) is 10.5. The van der Waals surface area contributed by atoms with Gasteiger partial charge in [-0.2, -0.15) is 11.8 Å². The normalized spacial score (nSPS) is 12.4. The number of thioether (sulfide) groups is 1. The molecule has 94 valence electrons. The number of hydrogen-bond acceptors (Lipinski definition) is 3. The highest BCUT2D eigenvalue weighted by Gasteiger charge is 2.10. The summed E-state index contributed by atoms with van der Waals surface area (Å²) in [5, 5.41) is 9.16. The second-order valence-electron chi connectivity index (χ2n) is 3.81. The van der Waals surface area contributed by atoms with Crippen LogP contribution in [-0.4, -0.2) is 22.9 Å². The molecular weight excluding hydrogens is 241 g/mol. The van der Waals surface area contributed by atoms with E-state index in [-0.39, 0.29) is 11.4 Å². The number of hydrogen-bond donors (Lipinski definition) is 2. The average molecular weight is 257 g/mol. The molecule has 0 bridgehead atoms. The molecule has 17 heavy (non-hydrogen) atoms. The Morgan fingerprint density at radius 3 is 2.88 bits per heavy atom. The van der Waals surface area contributed by atoms with Crippen LogP contribution in [0.25, 0.3) is 0 Å². The highest BCUT2D eigenvalue weighted by molar-refractivity contribution is 7.99. The maximum absolute atomic E-state index is 13.4. The fourth-order valence-corrected chi connectivity index (χ4v) is 2.36. The lowest BCUT2D eigenvalue weighted by atomic mass is 10.1. The molecule has 0 amide bonds. The minimum absolute atomic E-state index is 0.119. The third-order valence-corrected chi connectivity index (χ3v) is 3.67. The van der Waals surface area contributed by atoms with Crippen molar-refractivity contribution in [3.8, 4) is 0 Å². The minimum atomic E-state index is -1.04. The molecule has 3 nitrogen and oxygen atoms in total. The first kappa shape index (κ1) is 14.0. The van der Waals surface area contributed by atoms with Gasteiger partial charge in [-0.15, -0.1) is 0 Å². The molecule has 0 saturated carbocycles. The second-order valence-corrected chi connectivity index (χ2v) is 5.24. The quantitative estimate of drug-likeness (QED) is 0.822. The average Bonchev–Trinajstić information content (AvgIpc) is 2.28. The van der Waals surface area contributed by atoms with Crippen LogP contribution in [0.5, 0.6) is 0 Å². The third kappa shape index (κ3) is 4.36. The zero-order chi connectivity index (χ0) is 12.8. The Bertz CT molecular complexity index is 398. The van der Waals surface area contributed by atoms with Crippen LogP contribution >= 0.6 is 11.8 Å². The van der Waals surface area contributed by atoms with E-state index in [1.165, 1.54) is 18.2 Å². The molecule has 1 aromatic rings. The minimum Gasteiger partial charge on any atom is -0.478 e. The lowest BCUT2D eigenvalue weighted by molar-refractivity contribution is 0.0696. The van der Waals surface area contributed by atoms with Crippen LogP contribution in [0, 0.1) is 5.82 Å². The lowest BCUT2D eigenvalue weighted by Crippen LogP contribution is -2.07. The number of halogens is 1. The first-order chi connectivity index (χ1) is 8.04. The Labute approximate surface area is 104 Å². The smallest absolute Gasteiger partial charge is 0.335 e. The van der Waals surface area contributed by atoms with Gasteiger partial charge in [0.25, 0.3) is 0 Å². The maximum atomic E-state index is 13.4. The van der Waals surface area contributed by atoms with Gasteiger partial charge in [-0.25, -0.2) is 9.18 Å². The highest BCUT2D eigenvalue weighted by Crippen LogP contribution is 2.22. The van der Waals surface area contributed by atoms with Gasteiger partial charge in [0.1, 0.15) is 5.82 Å². The van der Waals surface area contributed by atoms with Crippen LogP contribution in [-0.2, 0) is 5.75 Å². The first-order valence-corrected chi connectivity index (χ1v) is 6.43. The first-order valence-electron chi connectivity index (χ1n) is 5.38. The number of aromatic carboxylic acids is 1. The topological polar surface area (TPSA) is 63.3 Å². The molecule has 0 aliphatic carbocycles. The Balaban J connectivity index is 2.69. The van der Waals surface area contributed by atoms with E-state index in [1.54, 1.807) is 11.8 Å². The van der Waals surface area contributed by atoms with Gasteiger partial charge >= 0.3 is 5.97 Å². The Kier molecular flexibility index (Phi) is 5.44. The van der Waals surface area contributed by atoms with Crippen molar-refractivity contribution in [1.29, 1.82) is 0 Å². The van der Waals surface area contributed by atoms with Crippen molar-refractivity contribution >= 4 is 17.7 Å². The van der Waals surface area contributed by atoms with Crippen molar-refractivity contribution in [1.82, 2.24) is 0 Å². The number of benzene rings is 1. The Morgan fingerprint density at radius 2 is 2.29 bits per heavy atom. The summed E-state index contributed by atoms with van der Waals surface area (Å²) in [7, 11) is 0. The molecule has 0 aromatic heterocycles. The molecule has 1 unspecified atom stereocenters. The van der Waals surface area contributed by atoms with Crippen molar-refractivity contribution in [2.45, 2.75) is 24.3 Å². The van der Waals surface area contributed by atoms with Gasteiger partial charge < -0.3 is 10.8 Å². The van der Waals surface area contributed by atoms with Crippen molar-refractivity contribution in [2.24, 2.45) is 5.73 Å². The van der Waals surface area contributed by atoms with Gasteiger partial charge in [0.2, 0.25) is 0 Å². The Hall–Kier alpha value is -1.07. The van der Waals surface area contributed by atoms with Crippen LogP contribution in [0.3, 0.4) is 0 Å². The number of carboxylic acids is 1. The fourth-order valence-electron chi connectivity index (χ4n) is 1.37. The molecule has 1 rings (SSSR count). The largest absolute Gasteiger partial charge is 0.478 e. The van der Waals surface area contributed by atoms with Crippen LogP contribution in [0.15, 0.2) is 18.2 Å². The maximum Gasteiger partial charge on any atom is 0.335 e. The van der Waals surface area contributed by atoms with E-state index in [0.717, 1.165) is 6.42 Å². The lowest BCUT2D eigenvalue weighted by Gasteiger charge is -2.10. The summed E-state index contributed by atoms with van der Waals surface area (Å²) in [5.41, 5.74) is 5.98. The monoisotopic (exact) mass is 257 g/mol. The van der Waals surface area contributed by atoms with E-state index in [1.807, 2.05) is 6.92 Å². The van der Waals surface area contributed by atoms with E-state index < -0.39 is 5.97 Å². The molecule has 3 N–H and O–H groups in total.